The van der Waals surface area contributed by atoms with Crippen molar-refractivity contribution in [3.63, 3.8) is 0 Å². The molecule has 66 valence electrons. The Kier molecular flexibility index (Phi) is 3.98. The van der Waals surface area contributed by atoms with Crippen molar-refractivity contribution in [1.29, 1.82) is 0 Å². The van der Waals surface area contributed by atoms with Crippen LogP contribution in [-0.2, 0) is 9.63 Å². The normalized spacial score (nSPS) is 9.67. The third-order valence-corrected chi connectivity index (χ3v) is 0.673. The second-order valence-corrected chi connectivity index (χ2v) is 1.55. The van der Waals surface area contributed by atoms with Crippen molar-refractivity contribution in [2.24, 2.45) is 0 Å². The zero-order valence-electron chi connectivity index (χ0n) is 5.71. The maximum atomic E-state index is 10.3. The van der Waals surface area contributed by atoms with Crippen LogP contribution in [0.1, 0.15) is 0 Å². The standard InChI is InChI=1S/C4H4N2O6/c7-4(12-6(10)11)2-1-3-5(8)9/h1-2H,3H2/b2-1+. The maximum Gasteiger partial charge on any atom is 0.327 e. The molecule has 0 N–H and O–H groups in total. The largest absolute Gasteiger partial charge is 0.327 e. The number of hydrogen-bond acceptors (Lipinski definition) is 6. The predicted octanol–water partition coefficient (Wildman–Crippen LogP) is -0.446. The molecule has 8 nitrogen and oxygen atoms in total. The molecular weight excluding hydrogens is 172 g/mol. The van der Waals surface area contributed by atoms with Gasteiger partial charge < -0.3 is 0 Å². The summed E-state index contributed by atoms with van der Waals surface area (Å²) in [6.07, 6.45) is 1.47. The van der Waals surface area contributed by atoms with Crippen LogP contribution in [-0.4, -0.2) is 22.5 Å². The quantitative estimate of drug-likeness (QED) is 0.325. The number of nitro groups is 1. The third kappa shape index (κ3) is 6.13. The van der Waals surface area contributed by atoms with Crippen LogP contribution in [0.2, 0.25) is 0 Å². The topological polar surface area (TPSA) is 113 Å². The highest BCUT2D eigenvalue weighted by molar-refractivity contribution is 5.81. The summed E-state index contributed by atoms with van der Waals surface area (Å²) in [5.74, 6) is -1.25. The van der Waals surface area contributed by atoms with Gasteiger partial charge in [0.15, 0.2) is 0 Å². The Morgan fingerprint density at radius 2 is 2.00 bits per heavy atom. The Morgan fingerprint density at radius 1 is 1.42 bits per heavy atom. The van der Waals surface area contributed by atoms with Crippen LogP contribution in [0.4, 0.5) is 0 Å². The maximum absolute atomic E-state index is 10.3. The van der Waals surface area contributed by atoms with Gasteiger partial charge in [-0.2, -0.15) is 0 Å². The lowest BCUT2D eigenvalue weighted by Crippen LogP contribution is -2.07. The first-order valence-electron chi connectivity index (χ1n) is 2.67. The first kappa shape index (κ1) is 10.0. The van der Waals surface area contributed by atoms with Crippen LogP contribution in [0, 0.1) is 20.2 Å². The number of rotatable bonds is 4. The SMILES string of the molecule is O=C(/C=C/C[N+](=O)[O-])O[N+](=O)[O-]. The lowest BCUT2D eigenvalue weighted by molar-refractivity contribution is -0.728. The predicted molar refractivity (Wildman–Crippen MR) is 34.1 cm³/mol. The monoisotopic (exact) mass is 176 g/mol. The molecule has 0 heterocycles. The minimum atomic E-state index is -1.29. The van der Waals surface area contributed by atoms with E-state index in [-0.39, 0.29) is 0 Å². The van der Waals surface area contributed by atoms with Crippen molar-refractivity contribution < 1.29 is 19.6 Å². The van der Waals surface area contributed by atoms with Crippen LogP contribution in [0.25, 0.3) is 0 Å². The summed E-state index contributed by atoms with van der Waals surface area (Å²) in [6.45, 7) is -0.577. The molecule has 0 amide bonds. The zero-order chi connectivity index (χ0) is 9.56. The van der Waals surface area contributed by atoms with Crippen LogP contribution in [0.5, 0.6) is 0 Å². The molecule has 0 unspecified atom stereocenters. The molecule has 0 aromatic carbocycles. The second-order valence-electron chi connectivity index (χ2n) is 1.55. The van der Waals surface area contributed by atoms with Crippen LogP contribution >= 0.6 is 0 Å². The summed E-state index contributed by atoms with van der Waals surface area (Å²) in [5.41, 5.74) is 0. The van der Waals surface area contributed by atoms with Gasteiger partial charge in [-0.05, 0) is 6.08 Å². The van der Waals surface area contributed by atoms with Gasteiger partial charge in [0.1, 0.15) is 0 Å². The van der Waals surface area contributed by atoms with E-state index in [1.165, 1.54) is 0 Å². The molecule has 0 saturated heterocycles. The summed E-state index contributed by atoms with van der Waals surface area (Å²) < 4.78 is 0. The average Bonchev–Trinajstić information content (AvgIpc) is 1.84. The van der Waals surface area contributed by atoms with Crippen molar-refractivity contribution in [2.75, 3.05) is 6.54 Å². The average molecular weight is 176 g/mol. The van der Waals surface area contributed by atoms with Gasteiger partial charge >= 0.3 is 11.1 Å². The Morgan fingerprint density at radius 3 is 2.42 bits per heavy atom. The van der Waals surface area contributed by atoms with E-state index in [1.807, 2.05) is 0 Å². The summed E-state index contributed by atoms with van der Waals surface area (Å²) in [6, 6.07) is 0. The fourth-order valence-electron chi connectivity index (χ4n) is 0.339. The van der Waals surface area contributed by atoms with E-state index >= 15 is 0 Å². The molecular formula is C4H4N2O6. The van der Waals surface area contributed by atoms with Crippen LogP contribution in [0.15, 0.2) is 12.2 Å². The van der Waals surface area contributed by atoms with E-state index in [4.69, 9.17) is 0 Å². The van der Waals surface area contributed by atoms with Gasteiger partial charge in [0.25, 0.3) is 0 Å². The lowest BCUT2D eigenvalue weighted by atomic mass is 10.5. The highest BCUT2D eigenvalue weighted by Gasteiger charge is 2.02. The molecule has 0 radical (unpaired) electrons. The molecule has 0 aliphatic carbocycles. The lowest BCUT2D eigenvalue weighted by Gasteiger charge is -1.87. The highest BCUT2D eigenvalue weighted by atomic mass is 17.0. The molecule has 0 aromatic heterocycles. The summed E-state index contributed by atoms with van der Waals surface area (Å²) in [5, 5.41) is 17.9. The van der Waals surface area contributed by atoms with E-state index in [0.717, 1.165) is 6.08 Å². The molecule has 8 heteroatoms. The number of nitrogens with zero attached hydrogens (tertiary/aromatic N) is 2. The van der Waals surface area contributed by atoms with Gasteiger partial charge in [-0.1, -0.05) is 0 Å². The van der Waals surface area contributed by atoms with E-state index < -0.39 is 22.5 Å². The molecule has 0 aliphatic heterocycles. The molecule has 0 fully saturated rings. The molecule has 0 atom stereocenters. The second kappa shape index (κ2) is 4.77. The van der Waals surface area contributed by atoms with Crippen molar-refractivity contribution in [1.82, 2.24) is 0 Å². The van der Waals surface area contributed by atoms with E-state index in [0.29, 0.717) is 6.08 Å². The summed E-state index contributed by atoms with van der Waals surface area (Å²) in [4.78, 5) is 32.1. The van der Waals surface area contributed by atoms with Gasteiger partial charge in [-0.15, -0.1) is 10.1 Å². The van der Waals surface area contributed by atoms with Gasteiger partial charge in [0.2, 0.25) is 6.54 Å². The summed E-state index contributed by atoms with van der Waals surface area (Å²) >= 11 is 0. The van der Waals surface area contributed by atoms with E-state index in [9.17, 15) is 25.0 Å². The fraction of sp³-hybridized carbons (Fsp3) is 0.250. The third-order valence-electron chi connectivity index (χ3n) is 0.673. The molecule has 0 rings (SSSR count). The van der Waals surface area contributed by atoms with Gasteiger partial charge in [0, 0.05) is 11.0 Å². The van der Waals surface area contributed by atoms with Gasteiger partial charge in [-0.3, -0.25) is 14.9 Å². The van der Waals surface area contributed by atoms with Crippen molar-refractivity contribution in [3.05, 3.63) is 32.4 Å². The van der Waals surface area contributed by atoms with E-state index in [1.54, 1.807) is 0 Å². The fourth-order valence-corrected chi connectivity index (χ4v) is 0.339. The molecule has 0 saturated carbocycles. The van der Waals surface area contributed by atoms with E-state index in [2.05, 4.69) is 4.84 Å². The van der Waals surface area contributed by atoms with Gasteiger partial charge in [-0.25, -0.2) is 4.84 Å². The van der Waals surface area contributed by atoms with Crippen LogP contribution < -0.4 is 0 Å². The minimum Gasteiger partial charge on any atom is -0.264 e. The van der Waals surface area contributed by atoms with Crippen molar-refractivity contribution in [2.45, 2.75) is 0 Å². The zero-order valence-corrected chi connectivity index (χ0v) is 5.71. The van der Waals surface area contributed by atoms with Gasteiger partial charge in [0.05, 0.1) is 0 Å². The molecule has 12 heavy (non-hydrogen) atoms. The minimum absolute atomic E-state index is 0.577. The van der Waals surface area contributed by atoms with Crippen molar-refractivity contribution in [3.8, 4) is 0 Å². The first-order chi connectivity index (χ1) is 5.52. The Hall–Kier alpha value is -1.99. The van der Waals surface area contributed by atoms with Crippen LogP contribution in [0.3, 0.4) is 0 Å². The number of carbonyl (C=O) groups is 1. The summed E-state index contributed by atoms with van der Waals surface area (Å²) in [7, 11) is 0. The first-order valence-corrected chi connectivity index (χ1v) is 2.67. The van der Waals surface area contributed by atoms with Crippen molar-refractivity contribution >= 4 is 5.97 Å². The molecule has 0 aliphatic rings. The molecule has 0 aromatic rings. The highest BCUT2D eigenvalue weighted by Crippen LogP contribution is 1.82. The molecule has 0 spiro atoms. The Labute approximate surface area is 65.7 Å². The Balaban J connectivity index is 3.76. The molecule has 0 bridgehead atoms. The number of carbonyl (C=O) groups excluding carboxylic acids is 1. The smallest absolute Gasteiger partial charge is 0.264 e. The Bertz CT molecular complexity index is 234. The number of hydrogen-bond donors (Lipinski definition) is 0.